The van der Waals surface area contributed by atoms with Crippen molar-refractivity contribution in [1.82, 2.24) is 25.3 Å². The van der Waals surface area contributed by atoms with Gasteiger partial charge in [-0.25, -0.2) is 4.79 Å². The monoisotopic (exact) mass is 315 g/mol. The maximum atomic E-state index is 12.0. The van der Waals surface area contributed by atoms with Crippen LogP contribution >= 0.6 is 0 Å². The van der Waals surface area contributed by atoms with Gasteiger partial charge in [-0.05, 0) is 45.7 Å². The molecule has 0 bridgehead atoms. The highest BCUT2D eigenvalue weighted by molar-refractivity contribution is 5.70. The molecule has 0 unspecified atom stereocenters. The van der Waals surface area contributed by atoms with Crippen LogP contribution in [0.5, 0.6) is 0 Å². The lowest BCUT2D eigenvalue weighted by molar-refractivity contribution is 0.0493. The van der Waals surface area contributed by atoms with Crippen LogP contribution < -0.4 is 5.32 Å². The number of carbonyl (C=O) groups is 1. The van der Waals surface area contributed by atoms with Gasteiger partial charge in [0.25, 0.3) is 0 Å². The van der Waals surface area contributed by atoms with E-state index in [0.717, 1.165) is 29.8 Å². The maximum absolute atomic E-state index is 12.0. The number of hydrogen-bond acceptors (Lipinski definition) is 5. The van der Waals surface area contributed by atoms with Gasteiger partial charge in [0.15, 0.2) is 0 Å². The SMILES string of the molecule is Cn1cc(-c2ccc(C3(NC(=O)OC(C)(C)C)CC3)nn2)cn1. The van der Waals surface area contributed by atoms with Crippen molar-refractivity contribution >= 4 is 6.09 Å². The molecule has 3 rings (SSSR count). The first-order valence-electron chi connectivity index (χ1n) is 7.62. The van der Waals surface area contributed by atoms with Gasteiger partial charge in [-0.2, -0.15) is 15.3 Å². The lowest BCUT2D eigenvalue weighted by Crippen LogP contribution is -2.39. The molecule has 0 saturated heterocycles. The fourth-order valence-electron chi connectivity index (χ4n) is 2.36. The van der Waals surface area contributed by atoms with Gasteiger partial charge in [0.1, 0.15) is 5.60 Å². The minimum Gasteiger partial charge on any atom is -0.444 e. The average Bonchev–Trinajstić information content (AvgIpc) is 3.09. The summed E-state index contributed by atoms with van der Waals surface area (Å²) in [7, 11) is 1.86. The van der Waals surface area contributed by atoms with E-state index in [-0.39, 0.29) is 0 Å². The van der Waals surface area contributed by atoms with Crippen molar-refractivity contribution in [2.75, 3.05) is 0 Å². The van der Waals surface area contributed by atoms with E-state index in [1.54, 1.807) is 10.9 Å². The molecule has 1 N–H and O–H groups in total. The third-order valence-corrected chi connectivity index (χ3v) is 3.65. The smallest absolute Gasteiger partial charge is 0.408 e. The number of aromatic nitrogens is 4. The highest BCUT2D eigenvalue weighted by atomic mass is 16.6. The Hall–Kier alpha value is -2.44. The van der Waals surface area contributed by atoms with Crippen molar-refractivity contribution < 1.29 is 9.53 Å². The summed E-state index contributed by atoms with van der Waals surface area (Å²) in [6.07, 6.45) is 4.89. The molecule has 1 aliphatic rings. The number of carbonyl (C=O) groups excluding carboxylic acids is 1. The van der Waals surface area contributed by atoms with E-state index >= 15 is 0 Å². The van der Waals surface area contributed by atoms with E-state index in [1.807, 2.05) is 46.1 Å². The van der Waals surface area contributed by atoms with E-state index in [9.17, 15) is 4.79 Å². The second-order valence-electron chi connectivity index (χ2n) is 6.92. The summed E-state index contributed by atoms with van der Waals surface area (Å²) in [6.45, 7) is 5.53. The van der Waals surface area contributed by atoms with Crippen molar-refractivity contribution in [3.8, 4) is 11.3 Å². The molecule has 7 nitrogen and oxygen atoms in total. The minimum atomic E-state index is -0.518. The molecule has 0 aromatic carbocycles. The first-order chi connectivity index (χ1) is 10.8. The molecule has 2 aromatic heterocycles. The van der Waals surface area contributed by atoms with Crippen LogP contribution in [-0.4, -0.2) is 31.7 Å². The van der Waals surface area contributed by atoms with E-state index < -0.39 is 17.2 Å². The molecule has 122 valence electrons. The van der Waals surface area contributed by atoms with Crippen LogP contribution in [0.1, 0.15) is 39.3 Å². The molecule has 0 radical (unpaired) electrons. The van der Waals surface area contributed by atoms with Crippen molar-refractivity contribution in [2.24, 2.45) is 7.05 Å². The molecule has 7 heteroatoms. The molecule has 23 heavy (non-hydrogen) atoms. The highest BCUT2D eigenvalue weighted by Crippen LogP contribution is 2.44. The van der Waals surface area contributed by atoms with Crippen LogP contribution in [0.25, 0.3) is 11.3 Å². The highest BCUT2D eigenvalue weighted by Gasteiger charge is 2.48. The van der Waals surface area contributed by atoms with Gasteiger partial charge < -0.3 is 10.1 Å². The number of amides is 1. The summed E-state index contributed by atoms with van der Waals surface area (Å²) in [6, 6.07) is 3.80. The van der Waals surface area contributed by atoms with Gasteiger partial charge in [0.05, 0.1) is 23.1 Å². The number of ether oxygens (including phenoxy) is 1. The number of nitrogens with one attached hydrogen (secondary N) is 1. The minimum absolute atomic E-state index is 0.423. The Labute approximate surface area is 135 Å². The second-order valence-corrected chi connectivity index (χ2v) is 6.92. The van der Waals surface area contributed by atoms with Gasteiger partial charge in [0.2, 0.25) is 0 Å². The van der Waals surface area contributed by atoms with Crippen LogP contribution in [0, 0.1) is 0 Å². The van der Waals surface area contributed by atoms with Crippen LogP contribution in [0.2, 0.25) is 0 Å². The average molecular weight is 315 g/mol. The molecule has 1 saturated carbocycles. The van der Waals surface area contributed by atoms with E-state index in [0.29, 0.717) is 0 Å². The number of aryl methyl sites for hydroxylation is 1. The zero-order chi connectivity index (χ0) is 16.7. The summed E-state index contributed by atoms with van der Waals surface area (Å²) in [4.78, 5) is 12.0. The Morgan fingerprint density at radius 3 is 2.52 bits per heavy atom. The summed E-state index contributed by atoms with van der Waals surface area (Å²) in [5.74, 6) is 0. The van der Waals surface area contributed by atoms with E-state index in [4.69, 9.17) is 4.74 Å². The molecule has 0 spiro atoms. The molecule has 0 aliphatic heterocycles. The van der Waals surface area contributed by atoms with Gasteiger partial charge in [-0.1, -0.05) is 0 Å². The molecule has 1 amide bonds. The standard InChI is InChI=1S/C16H21N5O2/c1-15(2,3)23-14(22)18-16(7-8-16)13-6-5-12(19-20-13)11-9-17-21(4)10-11/h5-6,9-10H,7-8H2,1-4H3,(H,18,22). The molecule has 0 atom stereocenters. The van der Waals surface area contributed by atoms with Gasteiger partial charge >= 0.3 is 6.09 Å². The molecule has 1 fully saturated rings. The molecule has 2 aromatic rings. The molecule has 2 heterocycles. The lowest BCUT2D eigenvalue weighted by atomic mass is 10.1. The molecular weight excluding hydrogens is 294 g/mol. The predicted molar refractivity (Wildman–Crippen MR) is 84.5 cm³/mol. The Morgan fingerprint density at radius 2 is 2.04 bits per heavy atom. The summed E-state index contributed by atoms with van der Waals surface area (Å²) >= 11 is 0. The number of nitrogens with zero attached hydrogens (tertiary/aromatic N) is 4. The summed E-state index contributed by atoms with van der Waals surface area (Å²) in [5.41, 5.74) is 1.47. The zero-order valence-corrected chi connectivity index (χ0v) is 13.8. The lowest BCUT2D eigenvalue weighted by Gasteiger charge is -2.23. The Bertz CT molecular complexity index is 711. The molecular formula is C16H21N5O2. The third kappa shape index (κ3) is 3.49. The third-order valence-electron chi connectivity index (χ3n) is 3.65. The quantitative estimate of drug-likeness (QED) is 0.940. The zero-order valence-electron chi connectivity index (χ0n) is 13.8. The van der Waals surface area contributed by atoms with Gasteiger partial charge in [-0.15, -0.1) is 0 Å². The Kier molecular flexibility index (Phi) is 3.58. The Balaban J connectivity index is 1.73. The van der Waals surface area contributed by atoms with Crippen molar-refractivity contribution in [3.63, 3.8) is 0 Å². The largest absolute Gasteiger partial charge is 0.444 e. The maximum Gasteiger partial charge on any atom is 0.408 e. The number of alkyl carbamates (subject to hydrolysis) is 1. The fourth-order valence-corrected chi connectivity index (χ4v) is 2.36. The van der Waals surface area contributed by atoms with E-state index in [2.05, 4.69) is 20.6 Å². The van der Waals surface area contributed by atoms with Crippen LogP contribution in [-0.2, 0) is 17.3 Å². The number of rotatable bonds is 3. The van der Waals surface area contributed by atoms with Gasteiger partial charge in [-0.3, -0.25) is 4.68 Å². The van der Waals surface area contributed by atoms with Crippen LogP contribution in [0.15, 0.2) is 24.5 Å². The first kappa shape index (κ1) is 15.5. The first-order valence-corrected chi connectivity index (χ1v) is 7.62. The van der Waals surface area contributed by atoms with Crippen molar-refractivity contribution in [2.45, 2.75) is 44.8 Å². The fraction of sp³-hybridized carbons (Fsp3) is 0.500. The summed E-state index contributed by atoms with van der Waals surface area (Å²) < 4.78 is 7.04. The van der Waals surface area contributed by atoms with Crippen molar-refractivity contribution in [1.29, 1.82) is 0 Å². The van der Waals surface area contributed by atoms with E-state index in [1.165, 1.54) is 0 Å². The molecule has 1 aliphatic carbocycles. The number of hydrogen-bond donors (Lipinski definition) is 1. The van der Waals surface area contributed by atoms with Crippen molar-refractivity contribution in [3.05, 3.63) is 30.2 Å². The van der Waals surface area contributed by atoms with Crippen LogP contribution in [0.3, 0.4) is 0 Å². The topological polar surface area (TPSA) is 81.9 Å². The Morgan fingerprint density at radius 1 is 1.30 bits per heavy atom. The van der Waals surface area contributed by atoms with Gasteiger partial charge in [0, 0.05) is 18.8 Å². The second kappa shape index (κ2) is 5.33. The van der Waals surface area contributed by atoms with Crippen LogP contribution in [0.4, 0.5) is 4.79 Å². The summed E-state index contributed by atoms with van der Waals surface area (Å²) in [5, 5.41) is 15.6. The normalized spacial score (nSPS) is 16.0. The predicted octanol–water partition coefficient (Wildman–Crippen LogP) is 2.39.